The van der Waals surface area contributed by atoms with Gasteiger partial charge in [-0.2, -0.15) is 0 Å². The molecular weight excluding hydrogens is 245 g/mol. The molecule has 3 heterocycles. The molecule has 104 valence electrons. The summed E-state index contributed by atoms with van der Waals surface area (Å²) in [6, 6.07) is 6.32. The van der Waals surface area contributed by atoms with Crippen molar-refractivity contribution in [3.8, 4) is 0 Å². The largest absolute Gasteiger partial charge is 0.447 e. The van der Waals surface area contributed by atoms with Crippen LogP contribution in [0.3, 0.4) is 0 Å². The predicted octanol–water partition coefficient (Wildman–Crippen LogP) is 3.51. The molecule has 0 saturated carbocycles. The highest BCUT2D eigenvalue weighted by molar-refractivity contribution is 6.72. The van der Waals surface area contributed by atoms with Crippen molar-refractivity contribution < 1.29 is 4.48 Å². The Morgan fingerprint density at radius 1 is 1.15 bits per heavy atom. The zero-order valence-electron chi connectivity index (χ0n) is 12.4. The molecule has 0 atom stereocenters. The van der Waals surface area contributed by atoms with E-state index in [0.717, 1.165) is 11.7 Å². The number of rotatable bonds is 4. The molecule has 2 aliphatic rings. The minimum Gasteiger partial charge on any atom is -0.447 e. The lowest BCUT2D eigenvalue weighted by Gasteiger charge is -2.49. The highest BCUT2D eigenvalue weighted by Crippen LogP contribution is 2.30. The lowest BCUT2D eigenvalue weighted by molar-refractivity contribution is -0.542. The number of nitrogens with zero attached hydrogens (tertiary/aromatic N) is 3. The van der Waals surface area contributed by atoms with Crippen LogP contribution in [-0.4, -0.2) is 17.1 Å². The average molecular weight is 267 g/mol. The summed E-state index contributed by atoms with van der Waals surface area (Å²) in [5.74, 6) is 2.17. The van der Waals surface area contributed by atoms with Gasteiger partial charge in [0.2, 0.25) is 5.84 Å². The third kappa shape index (κ3) is 1.91. The smallest absolute Gasteiger partial charge is 0.291 e. The van der Waals surface area contributed by atoms with Crippen LogP contribution in [0.2, 0.25) is 12.6 Å². The number of aromatic nitrogens is 1. The van der Waals surface area contributed by atoms with Crippen molar-refractivity contribution in [2.45, 2.75) is 39.3 Å². The molecule has 2 aliphatic heterocycles. The van der Waals surface area contributed by atoms with Crippen LogP contribution in [0.15, 0.2) is 53.8 Å². The Morgan fingerprint density at radius 2 is 1.95 bits per heavy atom. The van der Waals surface area contributed by atoms with Crippen molar-refractivity contribution in [3.63, 3.8) is 0 Å². The summed E-state index contributed by atoms with van der Waals surface area (Å²) in [7, 11) is 0. The fourth-order valence-electron chi connectivity index (χ4n) is 3.77. The highest BCUT2D eigenvalue weighted by Gasteiger charge is 2.43. The molecule has 0 amide bonds. The van der Waals surface area contributed by atoms with Gasteiger partial charge in [0.05, 0.1) is 0 Å². The summed E-state index contributed by atoms with van der Waals surface area (Å²) >= 11 is 0. The lowest BCUT2D eigenvalue weighted by atomic mass is 9.38. The normalized spacial score (nSPS) is 18.5. The van der Waals surface area contributed by atoms with E-state index in [-0.39, 0.29) is 0 Å². The number of aliphatic imine (C=N–C) groups is 1. The molecular formula is C16H22BN3. The van der Waals surface area contributed by atoms with E-state index in [1.54, 1.807) is 0 Å². The van der Waals surface area contributed by atoms with Crippen molar-refractivity contribution >= 4 is 18.1 Å². The van der Waals surface area contributed by atoms with Gasteiger partial charge in [-0.05, 0) is 23.3 Å². The van der Waals surface area contributed by atoms with Gasteiger partial charge in [0, 0.05) is 18.3 Å². The molecule has 0 saturated heterocycles. The van der Waals surface area contributed by atoms with Crippen LogP contribution in [-0.2, 0) is 0 Å². The van der Waals surface area contributed by atoms with Gasteiger partial charge in [0.25, 0.3) is 12.2 Å². The molecule has 3 nitrogen and oxygen atoms in total. The summed E-state index contributed by atoms with van der Waals surface area (Å²) in [5, 5.41) is 0. The Kier molecular flexibility index (Phi) is 3.47. The molecule has 1 aromatic heterocycles. The Bertz CT molecular complexity index is 583. The summed E-state index contributed by atoms with van der Waals surface area (Å²) in [6.45, 7) is 4.55. The first kappa shape index (κ1) is 13.2. The number of fused-ring (bicyclic) bond motifs is 2. The molecule has 1 aromatic rings. The van der Waals surface area contributed by atoms with E-state index < -0.39 is 6.42 Å². The number of pyridine rings is 1. The van der Waals surface area contributed by atoms with Crippen LogP contribution in [0.5, 0.6) is 0 Å². The monoisotopic (exact) mass is 267 g/mol. The van der Waals surface area contributed by atoms with E-state index in [9.17, 15) is 0 Å². The topological polar surface area (TPSA) is 19.5 Å². The van der Waals surface area contributed by atoms with Gasteiger partial charge < -0.3 is 9.29 Å². The summed E-state index contributed by atoms with van der Waals surface area (Å²) < 4.78 is 2.42. The van der Waals surface area contributed by atoms with Crippen LogP contribution in [0.1, 0.15) is 26.7 Å². The average Bonchev–Trinajstić information content (AvgIpc) is 2.48. The molecule has 4 heteroatoms. The Morgan fingerprint density at radius 3 is 2.70 bits per heavy atom. The van der Waals surface area contributed by atoms with E-state index in [0.29, 0.717) is 0 Å². The van der Waals surface area contributed by atoms with Gasteiger partial charge in [-0.15, -0.1) is 12.6 Å². The molecule has 0 spiro atoms. The second-order valence-electron chi connectivity index (χ2n) is 5.76. The first-order chi connectivity index (χ1) is 9.81. The predicted molar refractivity (Wildman–Crippen MR) is 85.2 cm³/mol. The summed E-state index contributed by atoms with van der Waals surface area (Å²) in [6.07, 6.45) is 14.7. The molecule has 20 heavy (non-hydrogen) atoms. The number of hydrogen-bond donors (Lipinski definition) is 0. The molecule has 0 aromatic carbocycles. The Labute approximate surface area is 121 Å². The van der Waals surface area contributed by atoms with E-state index >= 15 is 0 Å². The minimum absolute atomic E-state index is 0.811. The van der Waals surface area contributed by atoms with Crippen molar-refractivity contribution in [3.05, 3.63) is 48.8 Å². The minimum atomic E-state index is -0.811. The zero-order valence-corrected chi connectivity index (χ0v) is 12.4. The van der Waals surface area contributed by atoms with Crippen molar-refractivity contribution in [1.82, 2.24) is 4.81 Å². The first-order valence-electron chi connectivity index (χ1n) is 7.74. The zero-order chi connectivity index (χ0) is 14.0. The first-order valence-corrected chi connectivity index (χ1v) is 7.74. The SMILES string of the molecule is CCC[B-]1(CCC)N2C=CC=CC2=Nc2cccc[n+]21. The lowest BCUT2D eigenvalue weighted by Crippen LogP contribution is -2.75. The van der Waals surface area contributed by atoms with Gasteiger partial charge in [0.15, 0.2) is 0 Å². The van der Waals surface area contributed by atoms with Crippen LogP contribution in [0.25, 0.3) is 0 Å². The molecule has 0 aliphatic carbocycles. The summed E-state index contributed by atoms with van der Waals surface area (Å²) in [4.78, 5) is 7.23. The fraction of sp³-hybridized carbons (Fsp3) is 0.375. The number of allylic oxidation sites excluding steroid dienone is 2. The van der Waals surface area contributed by atoms with E-state index in [4.69, 9.17) is 4.99 Å². The third-order valence-corrected chi connectivity index (χ3v) is 4.50. The van der Waals surface area contributed by atoms with E-state index in [2.05, 4.69) is 72.0 Å². The van der Waals surface area contributed by atoms with Gasteiger partial charge >= 0.3 is 0 Å². The molecule has 0 N–H and O–H groups in total. The van der Waals surface area contributed by atoms with Crippen LogP contribution >= 0.6 is 0 Å². The van der Waals surface area contributed by atoms with E-state index in [1.807, 2.05) is 0 Å². The Hall–Kier alpha value is -1.84. The fourth-order valence-corrected chi connectivity index (χ4v) is 3.77. The van der Waals surface area contributed by atoms with Crippen molar-refractivity contribution in [1.29, 1.82) is 0 Å². The standard InChI is InChI=1S/C16H22BN3/c1-3-11-17(12-4-2)19-13-7-5-9-15(19)18-16-10-6-8-14-20(16)17/h5-10,13-14H,3-4,11-12H2,1-2H3. The molecule has 0 radical (unpaired) electrons. The second-order valence-corrected chi connectivity index (χ2v) is 5.76. The second kappa shape index (κ2) is 5.27. The molecule has 0 fully saturated rings. The van der Waals surface area contributed by atoms with Crippen LogP contribution in [0, 0.1) is 0 Å². The van der Waals surface area contributed by atoms with Crippen LogP contribution in [0.4, 0.5) is 5.82 Å². The van der Waals surface area contributed by atoms with Gasteiger partial charge in [0.1, 0.15) is 0 Å². The molecule has 3 rings (SSSR count). The highest BCUT2D eigenvalue weighted by atomic mass is 15.3. The maximum atomic E-state index is 4.81. The quantitative estimate of drug-likeness (QED) is 0.764. The van der Waals surface area contributed by atoms with Crippen LogP contribution < -0.4 is 4.48 Å². The molecule has 0 bridgehead atoms. The van der Waals surface area contributed by atoms with Gasteiger partial charge in [-0.25, -0.2) is 0 Å². The molecule has 0 unspecified atom stereocenters. The van der Waals surface area contributed by atoms with E-state index in [1.165, 1.54) is 25.5 Å². The maximum Gasteiger partial charge on any atom is 0.291 e. The third-order valence-electron chi connectivity index (χ3n) is 4.50. The number of amidine groups is 1. The van der Waals surface area contributed by atoms with Crippen molar-refractivity contribution in [2.75, 3.05) is 0 Å². The number of hydrogen-bond acceptors (Lipinski definition) is 2. The summed E-state index contributed by atoms with van der Waals surface area (Å²) in [5.41, 5.74) is 0. The Balaban J connectivity index is 2.21. The van der Waals surface area contributed by atoms with Gasteiger partial charge in [-0.1, -0.05) is 38.8 Å². The van der Waals surface area contributed by atoms with Crippen molar-refractivity contribution in [2.24, 2.45) is 4.99 Å². The van der Waals surface area contributed by atoms with Gasteiger partial charge in [-0.3, -0.25) is 0 Å². The maximum absolute atomic E-state index is 4.81.